The average Bonchev–Trinajstić information content (AvgIpc) is 3.54. The molecule has 2 N–H and O–H groups in total. The van der Waals surface area contributed by atoms with E-state index in [0.717, 1.165) is 28.0 Å². The number of carboxylic acids is 1. The zero-order chi connectivity index (χ0) is 26.4. The number of hydroxylamine groups is 1. The fourth-order valence-corrected chi connectivity index (χ4v) is 4.42. The van der Waals surface area contributed by atoms with Gasteiger partial charge in [-0.05, 0) is 49.1 Å². The molecule has 4 rings (SSSR count). The molecule has 2 heterocycles. The summed E-state index contributed by atoms with van der Waals surface area (Å²) in [5.74, 6) is 0.962. The summed E-state index contributed by atoms with van der Waals surface area (Å²) in [5, 5.41) is 11.4. The molecule has 0 saturated heterocycles. The van der Waals surface area contributed by atoms with Crippen LogP contribution in [0.1, 0.15) is 49.3 Å². The minimum atomic E-state index is -1.27. The summed E-state index contributed by atoms with van der Waals surface area (Å²) >= 11 is 0. The molecule has 0 fully saturated rings. The van der Waals surface area contributed by atoms with E-state index in [1.807, 2.05) is 63.2 Å². The fourth-order valence-electron chi connectivity index (χ4n) is 4.42. The maximum absolute atomic E-state index is 11.9. The van der Waals surface area contributed by atoms with Crippen LogP contribution in [0.15, 0.2) is 65.5 Å². The van der Waals surface area contributed by atoms with Crippen molar-refractivity contribution >= 4 is 5.97 Å². The van der Waals surface area contributed by atoms with Crippen LogP contribution >= 0.6 is 0 Å². The van der Waals surface area contributed by atoms with E-state index >= 15 is 0 Å². The number of nitrogens with one attached hydrogen (secondary N) is 1. The monoisotopic (exact) mass is 506 g/mol. The van der Waals surface area contributed by atoms with Crippen LogP contribution in [0.4, 0.5) is 0 Å². The van der Waals surface area contributed by atoms with Gasteiger partial charge in [0.25, 0.3) is 0 Å². The van der Waals surface area contributed by atoms with Crippen LogP contribution in [0, 0.1) is 13.8 Å². The molecule has 9 nitrogen and oxygen atoms in total. The average molecular weight is 507 g/mol. The lowest BCUT2D eigenvalue weighted by molar-refractivity contribution is -0.154. The fraction of sp³-hybridized carbons (Fsp3) is 0.357. The van der Waals surface area contributed by atoms with Crippen molar-refractivity contribution in [3.8, 4) is 17.1 Å². The van der Waals surface area contributed by atoms with Crippen molar-refractivity contribution in [3.05, 3.63) is 83.7 Å². The molecule has 0 spiro atoms. The first-order valence-electron chi connectivity index (χ1n) is 12.4. The molecular formula is C28H34N4O5. The number of nitrogens with zero attached hydrogens (tertiary/aromatic N) is 3. The first-order chi connectivity index (χ1) is 17.8. The normalized spacial score (nSPS) is 14.8. The van der Waals surface area contributed by atoms with E-state index in [1.54, 1.807) is 30.8 Å². The SMILES string of the molecule is CCCC(C)(Oc1c(C)cc(CN(Cc2ncc(-c3ccccc3)o2)CN2NC=CO2)cc1C)C(=O)O. The quantitative estimate of drug-likeness (QED) is 0.345. The van der Waals surface area contributed by atoms with Crippen molar-refractivity contribution in [3.63, 3.8) is 0 Å². The number of carboxylic acid groups (broad SMARTS) is 1. The zero-order valence-corrected chi connectivity index (χ0v) is 21.7. The molecule has 3 aromatic rings. The second kappa shape index (κ2) is 11.5. The summed E-state index contributed by atoms with van der Waals surface area (Å²) in [7, 11) is 0. The predicted octanol–water partition coefficient (Wildman–Crippen LogP) is 5.16. The Kier molecular flexibility index (Phi) is 8.15. The molecule has 9 heteroatoms. The summed E-state index contributed by atoms with van der Waals surface area (Å²) in [4.78, 5) is 24.0. The largest absolute Gasteiger partial charge is 0.478 e. The van der Waals surface area contributed by atoms with Crippen molar-refractivity contribution in [2.45, 2.75) is 59.2 Å². The molecule has 0 amide bonds. The zero-order valence-electron chi connectivity index (χ0n) is 21.7. The maximum Gasteiger partial charge on any atom is 0.347 e. The van der Waals surface area contributed by atoms with Crippen LogP contribution in [-0.4, -0.2) is 38.4 Å². The Hall–Kier alpha value is -3.82. The van der Waals surface area contributed by atoms with E-state index in [0.29, 0.717) is 44.2 Å². The van der Waals surface area contributed by atoms with Gasteiger partial charge in [0, 0.05) is 12.1 Å². The lowest BCUT2D eigenvalue weighted by Crippen LogP contribution is -2.41. The third-order valence-corrected chi connectivity index (χ3v) is 6.21. The highest BCUT2D eigenvalue weighted by atomic mass is 16.7. The summed E-state index contributed by atoms with van der Waals surface area (Å²) in [6.07, 6.45) is 6.17. The molecule has 196 valence electrons. The van der Waals surface area contributed by atoms with Crippen LogP contribution in [0.2, 0.25) is 0 Å². The van der Waals surface area contributed by atoms with Crippen LogP contribution in [0.25, 0.3) is 11.3 Å². The van der Waals surface area contributed by atoms with E-state index in [1.165, 1.54) is 0 Å². The molecule has 1 atom stereocenters. The van der Waals surface area contributed by atoms with Crippen LogP contribution in [0.3, 0.4) is 0 Å². The Labute approximate surface area is 217 Å². The van der Waals surface area contributed by atoms with Gasteiger partial charge < -0.3 is 19.1 Å². The number of hydrazine groups is 1. The molecule has 37 heavy (non-hydrogen) atoms. The molecule has 0 radical (unpaired) electrons. The minimum absolute atomic E-state index is 0.425. The van der Waals surface area contributed by atoms with Gasteiger partial charge in [0.1, 0.15) is 18.7 Å². The molecule has 0 aliphatic carbocycles. The predicted molar refractivity (Wildman–Crippen MR) is 139 cm³/mol. The van der Waals surface area contributed by atoms with Gasteiger partial charge in [-0.3, -0.25) is 10.3 Å². The van der Waals surface area contributed by atoms with Gasteiger partial charge >= 0.3 is 5.97 Å². The molecule has 1 aliphatic rings. The van der Waals surface area contributed by atoms with Crippen LogP contribution in [0.5, 0.6) is 5.75 Å². The third kappa shape index (κ3) is 6.49. The molecule has 0 saturated carbocycles. The standard InChI is InChI=1S/C28H34N4O5/c1-5-11-28(4,27(33)34)37-26-20(2)14-22(15-21(26)3)17-31(19-32-30-12-13-35-32)18-25-29-16-24(36-25)23-9-7-6-8-10-23/h6-10,12-16,30H,5,11,17-19H2,1-4H3,(H,33,34). The Morgan fingerprint density at radius 2 is 1.92 bits per heavy atom. The van der Waals surface area contributed by atoms with E-state index in [4.69, 9.17) is 14.0 Å². The number of benzene rings is 2. The number of aliphatic carboxylic acids is 1. The van der Waals surface area contributed by atoms with Gasteiger partial charge in [-0.2, -0.15) is 0 Å². The van der Waals surface area contributed by atoms with Crippen LogP contribution < -0.4 is 10.2 Å². The Bertz CT molecular complexity index is 1210. The lowest BCUT2D eigenvalue weighted by atomic mass is 9.99. The van der Waals surface area contributed by atoms with Crippen molar-refractivity contribution in [2.24, 2.45) is 0 Å². The van der Waals surface area contributed by atoms with E-state index in [9.17, 15) is 9.90 Å². The molecule has 1 aliphatic heterocycles. The number of rotatable bonds is 12. The van der Waals surface area contributed by atoms with Crippen molar-refractivity contribution in [1.29, 1.82) is 0 Å². The molecule has 1 unspecified atom stereocenters. The van der Waals surface area contributed by atoms with Gasteiger partial charge in [0.05, 0.1) is 18.9 Å². The smallest absolute Gasteiger partial charge is 0.347 e. The number of aryl methyl sites for hydroxylation is 2. The molecule has 2 aromatic carbocycles. The third-order valence-electron chi connectivity index (χ3n) is 6.21. The number of hydrogen-bond donors (Lipinski definition) is 2. The second-order valence-corrected chi connectivity index (χ2v) is 9.48. The Morgan fingerprint density at radius 3 is 2.54 bits per heavy atom. The number of oxazole rings is 1. The molecule has 1 aromatic heterocycles. The highest BCUT2D eigenvalue weighted by Gasteiger charge is 2.35. The summed E-state index contributed by atoms with van der Waals surface area (Å²) < 4.78 is 12.1. The van der Waals surface area contributed by atoms with Gasteiger partial charge in [-0.1, -0.05) is 55.8 Å². The van der Waals surface area contributed by atoms with E-state index in [-0.39, 0.29) is 0 Å². The van der Waals surface area contributed by atoms with Gasteiger partial charge in [-0.15, -0.1) is 0 Å². The molecule has 0 bridgehead atoms. The second-order valence-electron chi connectivity index (χ2n) is 9.48. The summed E-state index contributed by atoms with van der Waals surface area (Å²) in [6.45, 7) is 8.95. The van der Waals surface area contributed by atoms with Gasteiger partial charge in [0.15, 0.2) is 5.76 Å². The van der Waals surface area contributed by atoms with Gasteiger partial charge in [-0.25, -0.2) is 9.78 Å². The first-order valence-corrected chi connectivity index (χ1v) is 12.4. The topological polar surface area (TPSA) is 100 Å². The van der Waals surface area contributed by atoms with Crippen molar-refractivity contribution in [1.82, 2.24) is 20.5 Å². The first kappa shape index (κ1) is 26.2. The van der Waals surface area contributed by atoms with E-state index in [2.05, 4.69) is 15.3 Å². The Morgan fingerprint density at radius 1 is 1.19 bits per heavy atom. The maximum atomic E-state index is 11.9. The number of ether oxygens (including phenoxy) is 1. The number of hydrogen-bond acceptors (Lipinski definition) is 8. The highest BCUT2D eigenvalue weighted by Crippen LogP contribution is 2.31. The highest BCUT2D eigenvalue weighted by molar-refractivity contribution is 5.77. The molecular weight excluding hydrogens is 472 g/mol. The van der Waals surface area contributed by atoms with Crippen LogP contribution in [-0.2, 0) is 22.7 Å². The summed E-state index contributed by atoms with van der Waals surface area (Å²) in [5.41, 5.74) is 5.56. The minimum Gasteiger partial charge on any atom is -0.478 e. The Balaban J connectivity index is 1.53. The van der Waals surface area contributed by atoms with Crippen molar-refractivity contribution in [2.75, 3.05) is 6.67 Å². The van der Waals surface area contributed by atoms with E-state index < -0.39 is 11.6 Å². The number of carbonyl (C=O) groups is 1. The summed E-state index contributed by atoms with van der Waals surface area (Å²) in [6, 6.07) is 13.9. The lowest BCUT2D eigenvalue weighted by Gasteiger charge is -2.29. The van der Waals surface area contributed by atoms with Crippen molar-refractivity contribution < 1.29 is 23.9 Å². The van der Waals surface area contributed by atoms with Gasteiger partial charge in [0.2, 0.25) is 11.5 Å². The number of aromatic nitrogens is 1.